The number of aromatic nitrogens is 1. The lowest BCUT2D eigenvalue weighted by Crippen LogP contribution is -2.17. The molecule has 0 aliphatic heterocycles. The first-order valence-corrected chi connectivity index (χ1v) is 5.53. The Bertz CT molecular complexity index is 428. The van der Waals surface area contributed by atoms with Crippen molar-refractivity contribution in [3.63, 3.8) is 0 Å². The number of nitrogens with zero attached hydrogens (tertiary/aromatic N) is 1. The molecule has 1 atom stereocenters. The molecule has 0 radical (unpaired) electrons. The third-order valence-corrected chi connectivity index (χ3v) is 3.25. The minimum absolute atomic E-state index is 0.00951. The van der Waals surface area contributed by atoms with Gasteiger partial charge in [-0.05, 0) is 5.92 Å². The van der Waals surface area contributed by atoms with E-state index < -0.39 is 28.8 Å². The Morgan fingerprint density at radius 1 is 1.47 bits per heavy atom. The Labute approximate surface area is 99.3 Å². The molecule has 96 valence electrons. The molecule has 1 aromatic rings. The van der Waals surface area contributed by atoms with Crippen LogP contribution in [-0.4, -0.2) is 16.1 Å². The summed E-state index contributed by atoms with van der Waals surface area (Å²) in [6, 6.07) is -0.700. The molecule has 0 fully saturated rings. The zero-order chi connectivity index (χ0) is 13.4. The van der Waals surface area contributed by atoms with Crippen LogP contribution in [0.1, 0.15) is 40.3 Å². The van der Waals surface area contributed by atoms with Crippen molar-refractivity contribution in [2.24, 2.45) is 11.7 Å². The van der Waals surface area contributed by atoms with Gasteiger partial charge in [0.25, 0.3) is 0 Å². The van der Waals surface area contributed by atoms with Crippen molar-refractivity contribution < 1.29 is 23.1 Å². The largest absolute Gasteiger partial charge is 0.477 e. The molecule has 0 bridgehead atoms. The van der Waals surface area contributed by atoms with Gasteiger partial charge in [0.05, 0.1) is 6.04 Å². The molecule has 1 rings (SSSR count). The van der Waals surface area contributed by atoms with E-state index in [2.05, 4.69) is 4.98 Å². The van der Waals surface area contributed by atoms with Gasteiger partial charge in [-0.25, -0.2) is 9.78 Å². The van der Waals surface area contributed by atoms with E-state index in [-0.39, 0.29) is 10.9 Å². The van der Waals surface area contributed by atoms with Crippen molar-refractivity contribution in [1.29, 1.82) is 0 Å². The lowest BCUT2D eigenvalue weighted by molar-refractivity contribution is -0.141. The van der Waals surface area contributed by atoms with E-state index in [1.54, 1.807) is 13.8 Å². The van der Waals surface area contributed by atoms with Gasteiger partial charge in [-0.1, -0.05) is 13.8 Å². The summed E-state index contributed by atoms with van der Waals surface area (Å²) < 4.78 is 37.6. The second-order valence-corrected chi connectivity index (χ2v) is 4.83. The average Bonchev–Trinajstić information content (AvgIpc) is 2.59. The number of aromatic carboxylic acids is 1. The summed E-state index contributed by atoms with van der Waals surface area (Å²) >= 11 is 0.475. The molecule has 0 saturated carbocycles. The van der Waals surface area contributed by atoms with Crippen LogP contribution in [0, 0.1) is 5.92 Å². The van der Waals surface area contributed by atoms with Gasteiger partial charge in [0.1, 0.15) is 9.88 Å². The Balaban J connectivity index is 3.27. The van der Waals surface area contributed by atoms with Crippen LogP contribution in [0.25, 0.3) is 0 Å². The van der Waals surface area contributed by atoms with Gasteiger partial charge in [0, 0.05) is 0 Å². The van der Waals surface area contributed by atoms with Gasteiger partial charge in [-0.3, -0.25) is 0 Å². The molecule has 0 aliphatic carbocycles. The second-order valence-electron chi connectivity index (χ2n) is 3.80. The minimum atomic E-state index is -4.78. The van der Waals surface area contributed by atoms with E-state index >= 15 is 0 Å². The molecule has 3 N–H and O–H groups in total. The summed E-state index contributed by atoms with van der Waals surface area (Å²) in [6.45, 7) is 3.44. The third-order valence-electron chi connectivity index (χ3n) is 2.11. The van der Waals surface area contributed by atoms with Crippen LogP contribution in [0.15, 0.2) is 0 Å². The standard InChI is InChI=1S/C9H11F3N2O2S/c1-3(2)4(13)7-14-6(9(10,11)12)5(17-7)8(15)16/h3-4H,13H2,1-2H3,(H,15,16). The summed E-state index contributed by atoms with van der Waals surface area (Å²) in [5.74, 6) is -1.76. The van der Waals surface area contributed by atoms with Crippen LogP contribution in [0.5, 0.6) is 0 Å². The first-order valence-electron chi connectivity index (χ1n) is 4.71. The zero-order valence-corrected chi connectivity index (χ0v) is 9.89. The lowest BCUT2D eigenvalue weighted by Gasteiger charge is -2.11. The van der Waals surface area contributed by atoms with Crippen molar-refractivity contribution in [2.45, 2.75) is 26.1 Å². The average molecular weight is 268 g/mol. The van der Waals surface area contributed by atoms with Gasteiger partial charge in [0.15, 0.2) is 5.69 Å². The van der Waals surface area contributed by atoms with E-state index in [0.29, 0.717) is 11.3 Å². The number of carbonyl (C=O) groups is 1. The second kappa shape index (κ2) is 4.61. The number of carboxylic acid groups (broad SMARTS) is 1. The number of nitrogens with two attached hydrogens (primary N) is 1. The van der Waals surface area contributed by atoms with Crippen molar-refractivity contribution in [2.75, 3.05) is 0 Å². The van der Waals surface area contributed by atoms with E-state index in [9.17, 15) is 18.0 Å². The first kappa shape index (κ1) is 13.9. The number of halogens is 3. The Kier molecular flexibility index (Phi) is 3.78. The minimum Gasteiger partial charge on any atom is -0.477 e. The fourth-order valence-corrected chi connectivity index (χ4v) is 2.20. The maximum Gasteiger partial charge on any atom is 0.435 e. The summed E-state index contributed by atoms with van der Waals surface area (Å²) in [5, 5.41) is 8.68. The maximum atomic E-state index is 12.5. The lowest BCUT2D eigenvalue weighted by atomic mass is 10.1. The summed E-state index contributed by atoms with van der Waals surface area (Å²) in [7, 11) is 0. The predicted octanol–water partition coefficient (Wildman–Crippen LogP) is 2.52. The Hall–Kier alpha value is -1.15. The molecule has 0 saturated heterocycles. The topological polar surface area (TPSA) is 76.2 Å². The number of alkyl halides is 3. The van der Waals surface area contributed by atoms with Crippen LogP contribution in [0.4, 0.5) is 13.2 Å². The monoisotopic (exact) mass is 268 g/mol. The van der Waals surface area contributed by atoms with Crippen LogP contribution < -0.4 is 5.73 Å². The molecule has 17 heavy (non-hydrogen) atoms. The van der Waals surface area contributed by atoms with Gasteiger partial charge in [-0.2, -0.15) is 13.2 Å². The highest BCUT2D eigenvalue weighted by Gasteiger charge is 2.40. The maximum absolute atomic E-state index is 12.5. The third kappa shape index (κ3) is 2.95. The molecule has 1 heterocycles. The smallest absolute Gasteiger partial charge is 0.435 e. The number of hydrogen-bond donors (Lipinski definition) is 2. The Morgan fingerprint density at radius 3 is 2.29 bits per heavy atom. The van der Waals surface area contributed by atoms with Crippen LogP contribution >= 0.6 is 11.3 Å². The highest BCUT2D eigenvalue weighted by molar-refractivity contribution is 7.13. The number of thiazole rings is 1. The molecule has 0 amide bonds. The molecule has 0 aliphatic rings. The molecule has 1 unspecified atom stereocenters. The number of rotatable bonds is 3. The quantitative estimate of drug-likeness (QED) is 0.883. The molecule has 0 aromatic carbocycles. The van der Waals surface area contributed by atoms with Crippen molar-refractivity contribution in [1.82, 2.24) is 4.98 Å². The van der Waals surface area contributed by atoms with Crippen molar-refractivity contribution in [3.8, 4) is 0 Å². The zero-order valence-electron chi connectivity index (χ0n) is 9.08. The Morgan fingerprint density at radius 2 is 2.00 bits per heavy atom. The first-order chi connectivity index (χ1) is 7.64. The van der Waals surface area contributed by atoms with Crippen LogP contribution in [-0.2, 0) is 6.18 Å². The van der Waals surface area contributed by atoms with Crippen LogP contribution in [0.2, 0.25) is 0 Å². The summed E-state index contributed by atoms with van der Waals surface area (Å²) in [4.78, 5) is 13.2. The van der Waals surface area contributed by atoms with Gasteiger partial charge >= 0.3 is 12.1 Å². The van der Waals surface area contributed by atoms with E-state index in [4.69, 9.17) is 10.8 Å². The summed E-state index contributed by atoms with van der Waals surface area (Å²) in [6.07, 6.45) is -4.78. The fraction of sp³-hybridized carbons (Fsp3) is 0.556. The van der Waals surface area contributed by atoms with Crippen molar-refractivity contribution in [3.05, 3.63) is 15.6 Å². The predicted molar refractivity (Wildman–Crippen MR) is 55.8 cm³/mol. The molecular formula is C9H11F3N2O2S. The molecular weight excluding hydrogens is 257 g/mol. The number of hydrogen-bond acceptors (Lipinski definition) is 4. The number of carboxylic acids is 1. The normalized spacial score (nSPS) is 14.1. The highest BCUT2D eigenvalue weighted by Crippen LogP contribution is 2.36. The van der Waals surface area contributed by atoms with Gasteiger partial charge in [-0.15, -0.1) is 11.3 Å². The van der Waals surface area contributed by atoms with E-state index in [1.807, 2.05) is 0 Å². The molecule has 1 aromatic heterocycles. The summed E-state index contributed by atoms with van der Waals surface area (Å²) in [5.41, 5.74) is 4.28. The SMILES string of the molecule is CC(C)C(N)c1nc(C(F)(F)F)c(C(=O)O)s1. The van der Waals surface area contributed by atoms with Crippen LogP contribution in [0.3, 0.4) is 0 Å². The fourth-order valence-electron chi connectivity index (χ4n) is 1.10. The van der Waals surface area contributed by atoms with E-state index in [0.717, 1.165) is 0 Å². The molecule has 8 heteroatoms. The highest BCUT2D eigenvalue weighted by atomic mass is 32.1. The van der Waals surface area contributed by atoms with Gasteiger partial charge < -0.3 is 10.8 Å². The van der Waals surface area contributed by atoms with E-state index in [1.165, 1.54) is 0 Å². The molecule has 0 spiro atoms. The van der Waals surface area contributed by atoms with Crippen molar-refractivity contribution >= 4 is 17.3 Å². The van der Waals surface area contributed by atoms with Gasteiger partial charge in [0.2, 0.25) is 0 Å². The molecule has 4 nitrogen and oxygen atoms in total.